The third-order valence-electron chi connectivity index (χ3n) is 2.71. The Bertz CT molecular complexity index is 674. The van der Waals surface area contributed by atoms with Gasteiger partial charge in [-0.1, -0.05) is 17.3 Å². The summed E-state index contributed by atoms with van der Waals surface area (Å²) in [7, 11) is 0. The highest BCUT2D eigenvalue weighted by molar-refractivity contribution is 9.10. The number of benzene rings is 2. The van der Waals surface area contributed by atoms with Gasteiger partial charge in [0.15, 0.2) is 5.84 Å². The molecule has 104 valence electrons. The van der Waals surface area contributed by atoms with Crippen molar-refractivity contribution in [3.05, 3.63) is 57.8 Å². The van der Waals surface area contributed by atoms with Gasteiger partial charge in [-0.3, -0.25) is 0 Å². The molecule has 0 fully saturated rings. The molecule has 2 aromatic carbocycles. The maximum Gasteiger partial charge on any atom is 0.173 e. The zero-order valence-electron chi connectivity index (χ0n) is 10.6. The summed E-state index contributed by atoms with van der Waals surface area (Å²) in [6.07, 6.45) is 0. The summed E-state index contributed by atoms with van der Waals surface area (Å²) in [5.41, 5.74) is 6.90. The molecule has 0 aliphatic carbocycles. The van der Waals surface area contributed by atoms with E-state index in [1.807, 2.05) is 13.0 Å². The van der Waals surface area contributed by atoms with Crippen molar-refractivity contribution >= 4 is 21.8 Å². The van der Waals surface area contributed by atoms with Crippen LogP contribution in [0.15, 0.2) is 46.0 Å². The average Bonchev–Trinajstić information content (AvgIpc) is 2.44. The van der Waals surface area contributed by atoms with Gasteiger partial charge in [0.05, 0.1) is 10.0 Å². The minimum atomic E-state index is -0.376. The van der Waals surface area contributed by atoms with Crippen molar-refractivity contribution in [2.45, 2.75) is 6.92 Å². The molecule has 3 N–H and O–H groups in total. The van der Waals surface area contributed by atoms with E-state index in [-0.39, 0.29) is 11.7 Å². The monoisotopic (exact) mass is 338 g/mol. The number of hydrogen-bond acceptors (Lipinski definition) is 3. The van der Waals surface area contributed by atoms with Crippen LogP contribution in [0.25, 0.3) is 0 Å². The van der Waals surface area contributed by atoms with Gasteiger partial charge in [-0.25, -0.2) is 4.39 Å². The van der Waals surface area contributed by atoms with Gasteiger partial charge >= 0.3 is 0 Å². The highest BCUT2D eigenvalue weighted by Crippen LogP contribution is 2.31. The number of oxime groups is 1. The number of para-hydroxylation sites is 1. The molecule has 0 amide bonds. The molecular weight excluding hydrogens is 327 g/mol. The molecule has 0 radical (unpaired) electrons. The standard InChI is InChI=1S/C14H12BrFN2O2/c1-8-3-2-4-10(14(17)18-19)13(8)20-9-5-6-12(16)11(15)7-9/h2-7,19H,1H3,(H2,17,18). The zero-order valence-corrected chi connectivity index (χ0v) is 12.2. The van der Waals surface area contributed by atoms with E-state index in [0.29, 0.717) is 21.5 Å². The molecule has 0 aliphatic rings. The quantitative estimate of drug-likeness (QED) is 0.387. The normalized spacial score (nSPS) is 11.4. The summed E-state index contributed by atoms with van der Waals surface area (Å²) >= 11 is 3.10. The molecule has 0 saturated heterocycles. The van der Waals surface area contributed by atoms with E-state index in [2.05, 4.69) is 21.1 Å². The molecule has 0 heterocycles. The van der Waals surface area contributed by atoms with E-state index >= 15 is 0 Å². The first-order chi connectivity index (χ1) is 9.52. The smallest absolute Gasteiger partial charge is 0.173 e. The highest BCUT2D eigenvalue weighted by atomic mass is 79.9. The maximum atomic E-state index is 13.2. The van der Waals surface area contributed by atoms with E-state index in [4.69, 9.17) is 15.7 Å². The first-order valence-corrected chi connectivity index (χ1v) is 6.52. The van der Waals surface area contributed by atoms with Crippen LogP contribution in [0.5, 0.6) is 11.5 Å². The number of nitrogens with two attached hydrogens (primary N) is 1. The van der Waals surface area contributed by atoms with E-state index in [1.54, 1.807) is 12.1 Å². The van der Waals surface area contributed by atoms with Gasteiger partial charge in [0.25, 0.3) is 0 Å². The number of rotatable bonds is 3. The van der Waals surface area contributed by atoms with E-state index in [1.165, 1.54) is 18.2 Å². The van der Waals surface area contributed by atoms with Gasteiger partial charge in [-0.15, -0.1) is 0 Å². The summed E-state index contributed by atoms with van der Waals surface area (Å²) < 4.78 is 19.2. The van der Waals surface area contributed by atoms with Crippen LogP contribution in [0.1, 0.15) is 11.1 Å². The second-order valence-electron chi connectivity index (χ2n) is 4.11. The van der Waals surface area contributed by atoms with Crippen LogP contribution in [0.3, 0.4) is 0 Å². The van der Waals surface area contributed by atoms with E-state index < -0.39 is 0 Å². The van der Waals surface area contributed by atoms with Crippen LogP contribution >= 0.6 is 15.9 Å². The summed E-state index contributed by atoms with van der Waals surface area (Å²) in [6.45, 7) is 1.84. The van der Waals surface area contributed by atoms with Crippen molar-refractivity contribution in [2.24, 2.45) is 10.9 Å². The number of aryl methyl sites for hydroxylation is 1. The average molecular weight is 339 g/mol. The summed E-state index contributed by atoms with van der Waals surface area (Å²) in [5, 5.41) is 11.8. The number of nitrogens with zero attached hydrogens (tertiary/aromatic N) is 1. The van der Waals surface area contributed by atoms with Crippen LogP contribution in [-0.4, -0.2) is 11.0 Å². The van der Waals surface area contributed by atoms with Crippen LogP contribution < -0.4 is 10.5 Å². The Balaban J connectivity index is 2.45. The Morgan fingerprint density at radius 3 is 2.75 bits per heavy atom. The summed E-state index contributed by atoms with van der Waals surface area (Å²) in [4.78, 5) is 0. The molecule has 2 rings (SSSR count). The SMILES string of the molecule is Cc1cccc(/C(N)=N/O)c1Oc1ccc(F)c(Br)c1. The van der Waals surface area contributed by atoms with Crippen LogP contribution in [-0.2, 0) is 0 Å². The second-order valence-corrected chi connectivity index (χ2v) is 4.97. The Hall–Kier alpha value is -2.08. The van der Waals surface area contributed by atoms with Gasteiger partial charge in [0.2, 0.25) is 0 Å². The molecule has 0 unspecified atom stereocenters. The molecule has 6 heteroatoms. The summed E-state index contributed by atoms with van der Waals surface area (Å²) in [5.74, 6) is 0.476. The second kappa shape index (κ2) is 5.92. The lowest BCUT2D eigenvalue weighted by Gasteiger charge is -2.13. The lowest BCUT2D eigenvalue weighted by atomic mass is 10.1. The third-order valence-corrected chi connectivity index (χ3v) is 3.31. The zero-order chi connectivity index (χ0) is 14.7. The van der Waals surface area contributed by atoms with Crippen LogP contribution in [0, 0.1) is 12.7 Å². The van der Waals surface area contributed by atoms with Gasteiger partial charge < -0.3 is 15.7 Å². The van der Waals surface area contributed by atoms with Crippen molar-refractivity contribution in [1.29, 1.82) is 0 Å². The van der Waals surface area contributed by atoms with Crippen LogP contribution in [0.2, 0.25) is 0 Å². The lowest BCUT2D eigenvalue weighted by molar-refractivity contribution is 0.318. The predicted octanol–water partition coefficient (Wildman–Crippen LogP) is 3.78. The third kappa shape index (κ3) is 2.91. The number of hydrogen-bond donors (Lipinski definition) is 2. The molecule has 4 nitrogen and oxygen atoms in total. The van der Waals surface area contributed by atoms with Gasteiger partial charge in [-0.2, -0.15) is 0 Å². The molecule has 2 aromatic rings. The summed E-state index contributed by atoms with van der Waals surface area (Å²) in [6, 6.07) is 9.59. The first-order valence-electron chi connectivity index (χ1n) is 5.73. The molecule has 0 bridgehead atoms. The highest BCUT2D eigenvalue weighted by Gasteiger charge is 2.12. The minimum absolute atomic E-state index is 0.0510. The van der Waals surface area contributed by atoms with Gasteiger partial charge in [0, 0.05) is 0 Å². The molecular formula is C14H12BrFN2O2. The Labute approximate surface area is 123 Å². The Kier molecular flexibility index (Phi) is 4.24. The first kappa shape index (κ1) is 14.3. The lowest BCUT2D eigenvalue weighted by Crippen LogP contribution is -2.14. The molecule has 0 saturated carbocycles. The number of halogens is 2. The molecule has 0 atom stereocenters. The minimum Gasteiger partial charge on any atom is -0.456 e. The molecule has 0 aromatic heterocycles. The van der Waals surface area contributed by atoms with Gasteiger partial charge in [0.1, 0.15) is 17.3 Å². The van der Waals surface area contributed by atoms with Crippen molar-refractivity contribution in [2.75, 3.05) is 0 Å². The topological polar surface area (TPSA) is 67.8 Å². The molecule has 20 heavy (non-hydrogen) atoms. The van der Waals surface area contributed by atoms with Crippen molar-refractivity contribution in [1.82, 2.24) is 0 Å². The largest absolute Gasteiger partial charge is 0.456 e. The Morgan fingerprint density at radius 2 is 2.10 bits per heavy atom. The fourth-order valence-corrected chi connectivity index (χ4v) is 2.06. The van der Waals surface area contributed by atoms with Crippen molar-refractivity contribution in [3.8, 4) is 11.5 Å². The van der Waals surface area contributed by atoms with Crippen molar-refractivity contribution in [3.63, 3.8) is 0 Å². The number of amidine groups is 1. The predicted molar refractivity (Wildman–Crippen MR) is 77.9 cm³/mol. The van der Waals surface area contributed by atoms with E-state index in [0.717, 1.165) is 5.56 Å². The van der Waals surface area contributed by atoms with Gasteiger partial charge in [-0.05, 0) is 52.7 Å². The fourth-order valence-electron chi connectivity index (χ4n) is 1.70. The van der Waals surface area contributed by atoms with E-state index in [9.17, 15) is 4.39 Å². The molecule has 0 aliphatic heterocycles. The fraction of sp³-hybridized carbons (Fsp3) is 0.0714. The number of ether oxygens (including phenoxy) is 1. The van der Waals surface area contributed by atoms with Crippen molar-refractivity contribution < 1.29 is 14.3 Å². The Morgan fingerprint density at radius 1 is 1.35 bits per heavy atom. The maximum absolute atomic E-state index is 13.2. The molecule has 0 spiro atoms. The van der Waals surface area contributed by atoms with Crippen LogP contribution in [0.4, 0.5) is 4.39 Å².